The van der Waals surface area contributed by atoms with E-state index in [9.17, 15) is 8.42 Å². The third-order valence-electron chi connectivity index (χ3n) is 4.29. The molecule has 1 aliphatic heterocycles. The Labute approximate surface area is 154 Å². The van der Waals surface area contributed by atoms with E-state index in [1.807, 2.05) is 18.2 Å². The molecule has 0 radical (unpaired) electrons. The lowest BCUT2D eigenvalue weighted by Crippen LogP contribution is -2.06. The van der Waals surface area contributed by atoms with Crippen molar-refractivity contribution in [3.8, 4) is 17.2 Å². The summed E-state index contributed by atoms with van der Waals surface area (Å²) in [5, 5.41) is 4.41. The van der Waals surface area contributed by atoms with Crippen LogP contribution in [-0.4, -0.2) is 22.1 Å². The monoisotopic (exact) mass is 373 g/mol. The number of allylic oxidation sites excluding steroid dienone is 1. The molecule has 0 unspecified atom stereocenters. The molecule has 0 saturated carbocycles. The summed E-state index contributed by atoms with van der Waals surface area (Å²) in [7, 11) is -1.86. The van der Waals surface area contributed by atoms with E-state index in [1.54, 1.807) is 31.4 Å². The van der Waals surface area contributed by atoms with Crippen LogP contribution in [-0.2, 0) is 16.3 Å². The van der Waals surface area contributed by atoms with Crippen LogP contribution in [0.25, 0.3) is 0 Å². The van der Waals surface area contributed by atoms with E-state index in [0.717, 1.165) is 37.1 Å². The molecule has 26 heavy (non-hydrogen) atoms. The van der Waals surface area contributed by atoms with Gasteiger partial charge in [0.05, 0.1) is 17.4 Å². The van der Waals surface area contributed by atoms with Crippen LogP contribution >= 0.6 is 0 Å². The molecule has 2 aromatic carbocycles. The standard InChI is InChI=1S/C20H23NO4S/c1-3-15-6-11-19(20(13-15)24-2)25-17-7-9-18(10-8-17)26(22,23)14-16-5-4-12-21-16/h6-11,13-14,21H,3-5,12H2,1-2H3. The zero-order chi connectivity index (χ0) is 18.6. The zero-order valence-corrected chi connectivity index (χ0v) is 15.8. The number of hydrogen-bond acceptors (Lipinski definition) is 5. The van der Waals surface area contributed by atoms with Gasteiger partial charge >= 0.3 is 0 Å². The number of nitrogens with one attached hydrogen (secondary N) is 1. The van der Waals surface area contributed by atoms with E-state index in [0.29, 0.717) is 17.2 Å². The first kappa shape index (κ1) is 18.3. The van der Waals surface area contributed by atoms with E-state index in [-0.39, 0.29) is 4.90 Å². The lowest BCUT2D eigenvalue weighted by molar-refractivity contribution is 0.378. The van der Waals surface area contributed by atoms with Crippen molar-refractivity contribution in [2.45, 2.75) is 31.1 Å². The van der Waals surface area contributed by atoms with Gasteiger partial charge in [0.1, 0.15) is 5.75 Å². The maximum absolute atomic E-state index is 12.5. The smallest absolute Gasteiger partial charge is 0.201 e. The van der Waals surface area contributed by atoms with Crippen molar-refractivity contribution in [1.29, 1.82) is 0 Å². The largest absolute Gasteiger partial charge is 0.493 e. The molecule has 1 aliphatic rings. The Morgan fingerprint density at radius 3 is 2.50 bits per heavy atom. The van der Waals surface area contributed by atoms with Crippen LogP contribution in [0.1, 0.15) is 25.3 Å². The van der Waals surface area contributed by atoms with E-state index in [4.69, 9.17) is 9.47 Å². The molecule has 6 heteroatoms. The summed E-state index contributed by atoms with van der Waals surface area (Å²) in [5.74, 6) is 1.80. The van der Waals surface area contributed by atoms with Gasteiger partial charge in [-0.15, -0.1) is 0 Å². The Morgan fingerprint density at radius 2 is 1.88 bits per heavy atom. The number of methoxy groups -OCH3 is 1. The Bertz CT molecular complexity index is 894. The SMILES string of the molecule is CCc1ccc(Oc2ccc(S(=O)(=O)C=C3CCCN3)cc2)c(OC)c1. The van der Waals surface area contributed by atoms with E-state index >= 15 is 0 Å². The first-order chi connectivity index (χ1) is 12.5. The molecule has 0 amide bonds. The summed E-state index contributed by atoms with van der Waals surface area (Å²) in [6, 6.07) is 12.2. The summed E-state index contributed by atoms with van der Waals surface area (Å²) >= 11 is 0. The molecule has 1 fully saturated rings. The summed E-state index contributed by atoms with van der Waals surface area (Å²) < 4.78 is 36.1. The van der Waals surface area contributed by atoms with Gasteiger partial charge in [-0.3, -0.25) is 0 Å². The van der Waals surface area contributed by atoms with Crippen LogP contribution in [0, 0.1) is 0 Å². The van der Waals surface area contributed by atoms with Gasteiger partial charge in [-0.1, -0.05) is 13.0 Å². The summed E-state index contributed by atoms with van der Waals surface area (Å²) in [6.07, 6.45) is 2.65. The summed E-state index contributed by atoms with van der Waals surface area (Å²) in [6.45, 7) is 2.90. The molecule has 2 aromatic rings. The predicted molar refractivity (Wildman–Crippen MR) is 101 cm³/mol. The fourth-order valence-corrected chi connectivity index (χ4v) is 4.04. The minimum atomic E-state index is -3.46. The second kappa shape index (κ2) is 7.83. The molecule has 1 heterocycles. The lowest BCUT2D eigenvalue weighted by atomic mass is 10.1. The van der Waals surface area contributed by atoms with Gasteiger partial charge in [-0.05, 0) is 61.2 Å². The second-order valence-electron chi connectivity index (χ2n) is 6.13. The third-order valence-corrected chi connectivity index (χ3v) is 5.81. The van der Waals surface area contributed by atoms with Crippen LogP contribution in [0.4, 0.5) is 0 Å². The highest BCUT2D eigenvalue weighted by atomic mass is 32.2. The van der Waals surface area contributed by atoms with Crippen molar-refractivity contribution in [2.75, 3.05) is 13.7 Å². The molecule has 0 aliphatic carbocycles. The maximum atomic E-state index is 12.5. The Hall–Kier alpha value is -2.47. The minimum Gasteiger partial charge on any atom is -0.493 e. The van der Waals surface area contributed by atoms with E-state index in [2.05, 4.69) is 12.2 Å². The maximum Gasteiger partial charge on any atom is 0.201 e. The number of rotatable bonds is 6. The molecule has 0 atom stereocenters. The normalized spacial score (nSPS) is 15.7. The van der Waals surface area contributed by atoms with E-state index in [1.165, 1.54) is 5.41 Å². The molecule has 1 saturated heterocycles. The highest BCUT2D eigenvalue weighted by molar-refractivity contribution is 7.94. The van der Waals surface area contributed by atoms with Gasteiger partial charge in [0.15, 0.2) is 11.5 Å². The van der Waals surface area contributed by atoms with Crippen molar-refractivity contribution in [3.05, 3.63) is 59.1 Å². The first-order valence-corrected chi connectivity index (χ1v) is 10.2. The highest BCUT2D eigenvalue weighted by Gasteiger charge is 2.15. The average molecular weight is 373 g/mol. The fourth-order valence-electron chi connectivity index (χ4n) is 2.81. The number of ether oxygens (including phenoxy) is 2. The molecule has 0 aromatic heterocycles. The molecule has 3 rings (SSSR count). The Kier molecular flexibility index (Phi) is 5.52. The number of aryl methyl sites for hydroxylation is 1. The van der Waals surface area contributed by atoms with Crippen molar-refractivity contribution < 1.29 is 17.9 Å². The van der Waals surface area contributed by atoms with Gasteiger partial charge in [0.25, 0.3) is 0 Å². The predicted octanol–water partition coefficient (Wildman–Crippen LogP) is 4.05. The van der Waals surface area contributed by atoms with Crippen molar-refractivity contribution in [3.63, 3.8) is 0 Å². The van der Waals surface area contributed by atoms with Gasteiger partial charge < -0.3 is 14.8 Å². The number of hydrogen-bond donors (Lipinski definition) is 1. The molecule has 1 N–H and O–H groups in total. The zero-order valence-electron chi connectivity index (χ0n) is 15.0. The minimum absolute atomic E-state index is 0.249. The third kappa shape index (κ3) is 4.19. The quantitative estimate of drug-likeness (QED) is 0.828. The van der Waals surface area contributed by atoms with Gasteiger partial charge in [0.2, 0.25) is 9.84 Å². The van der Waals surface area contributed by atoms with Crippen LogP contribution in [0.3, 0.4) is 0 Å². The fraction of sp³-hybridized carbons (Fsp3) is 0.300. The van der Waals surface area contributed by atoms with Crippen molar-refractivity contribution in [2.24, 2.45) is 0 Å². The van der Waals surface area contributed by atoms with Gasteiger partial charge in [0, 0.05) is 12.2 Å². The lowest BCUT2D eigenvalue weighted by Gasteiger charge is -2.12. The van der Waals surface area contributed by atoms with Crippen LogP contribution < -0.4 is 14.8 Å². The molecule has 138 valence electrons. The van der Waals surface area contributed by atoms with Crippen LogP contribution in [0.2, 0.25) is 0 Å². The number of sulfone groups is 1. The molecular formula is C20H23NO4S. The Balaban J connectivity index is 1.79. The van der Waals surface area contributed by atoms with Gasteiger partial charge in [-0.2, -0.15) is 0 Å². The summed E-state index contributed by atoms with van der Waals surface area (Å²) in [4.78, 5) is 0.249. The second-order valence-corrected chi connectivity index (χ2v) is 7.93. The molecule has 0 bridgehead atoms. The van der Waals surface area contributed by atoms with Crippen LogP contribution in [0.5, 0.6) is 17.2 Å². The topological polar surface area (TPSA) is 64.6 Å². The van der Waals surface area contributed by atoms with Crippen LogP contribution in [0.15, 0.2) is 58.5 Å². The summed E-state index contributed by atoms with van der Waals surface area (Å²) in [5.41, 5.74) is 1.93. The highest BCUT2D eigenvalue weighted by Crippen LogP contribution is 2.33. The Morgan fingerprint density at radius 1 is 1.12 bits per heavy atom. The average Bonchev–Trinajstić information content (AvgIpc) is 3.14. The van der Waals surface area contributed by atoms with Crippen molar-refractivity contribution >= 4 is 9.84 Å². The first-order valence-electron chi connectivity index (χ1n) is 8.66. The van der Waals surface area contributed by atoms with Gasteiger partial charge in [-0.25, -0.2) is 8.42 Å². The molecule has 5 nitrogen and oxygen atoms in total. The number of benzene rings is 2. The molecular weight excluding hydrogens is 350 g/mol. The van der Waals surface area contributed by atoms with E-state index < -0.39 is 9.84 Å². The molecule has 0 spiro atoms. The van der Waals surface area contributed by atoms with Crippen molar-refractivity contribution in [1.82, 2.24) is 5.32 Å².